The molecule has 1 N–H and O–H groups in total. The van der Waals surface area contributed by atoms with Crippen LogP contribution in [0.25, 0.3) is 0 Å². The number of hydrogen-bond acceptors (Lipinski definition) is 2. The summed E-state index contributed by atoms with van der Waals surface area (Å²) >= 11 is 3.15. The highest BCUT2D eigenvalue weighted by Crippen LogP contribution is 2.32. The van der Waals surface area contributed by atoms with E-state index >= 15 is 0 Å². The molecule has 1 aliphatic heterocycles. The quantitative estimate of drug-likeness (QED) is 0.773. The zero-order valence-corrected chi connectivity index (χ0v) is 9.71. The fraction of sp³-hybridized carbons (Fsp3) is 0.778. The number of amides is 1. The third-order valence-corrected chi connectivity index (χ3v) is 3.44. The molecule has 1 saturated heterocycles. The second kappa shape index (κ2) is 4.29. The van der Waals surface area contributed by atoms with E-state index in [1.807, 2.05) is 6.92 Å². The standard InChI is InChI=1S/C9H14BrNO3/c1-9(7(12)6-10)2-4-11(5-3-9)8(13)14/h2-6H2,1H3,(H,13,14). The van der Waals surface area contributed by atoms with Gasteiger partial charge in [-0.05, 0) is 12.8 Å². The SMILES string of the molecule is CC1(C(=O)CBr)CCN(C(=O)O)CC1. The molecule has 0 aromatic heterocycles. The number of piperidine rings is 1. The highest BCUT2D eigenvalue weighted by atomic mass is 79.9. The van der Waals surface area contributed by atoms with E-state index < -0.39 is 6.09 Å². The molecule has 1 rings (SSSR count). The molecule has 1 amide bonds. The van der Waals surface area contributed by atoms with Crippen molar-refractivity contribution in [3.63, 3.8) is 0 Å². The number of hydrogen-bond donors (Lipinski definition) is 1. The summed E-state index contributed by atoms with van der Waals surface area (Å²) in [7, 11) is 0. The summed E-state index contributed by atoms with van der Waals surface area (Å²) in [6.07, 6.45) is 0.367. The van der Waals surface area contributed by atoms with Crippen LogP contribution in [0, 0.1) is 5.41 Å². The Hall–Kier alpha value is -0.580. The smallest absolute Gasteiger partial charge is 0.407 e. The van der Waals surface area contributed by atoms with Crippen LogP contribution >= 0.6 is 15.9 Å². The maximum atomic E-state index is 11.6. The minimum absolute atomic E-state index is 0.169. The predicted octanol–water partition coefficient (Wildman–Crippen LogP) is 1.73. The normalized spacial score (nSPS) is 20.6. The minimum Gasteiger partial charge on any atom is -0.465 e. The van der Waals surface area contributed by atoms with Gasteiger partial charge < -0.3 is 10.0 Å². The maximum Gasteiger partial charge on any atom is 0.407 e. The highest BCUT2D eigenvalue weighted by Gasteiger charge is 2.36. The summed E-state index contributed by atoms with van der Waals surface area (Å²) in [5.74, 6) is 0.169. The summed E-state index contributed by atoms with van der Waals surface area (Å²) in [6.45, 7) is 2.84. The maximum absolute atomic E-state index is 11.6. The van der Waals surface area contributed by atoms with Crippen molar-refractivity contribution in [1.82, 2.24) is 4.90 Å². The topological polar surface area (TPSA) is 57.6 Å². The van der Waals surface area contributed by atoms with Crippen LogP contribution in [0.5, 0.6) is 0 Å². The average Bonchev–Trinajstić information content (AvgIpc) is 2.17. The first-order chi connectivity index (χ1) is 6.49. The van der Waals surface area contributed by atoms with Crippen LogP contribution in [0.3, 0.4) is 0 Å². The lowest BCUT2D eigenvalue weighted by atomic mass is 9.77. The summed E-state index contributed by atoms with van der Waals surface area (Å²) in [5.41, 5.74) is -0.338. The minimum atomic E-state index is -0.890. The van der Waals surface area contributed by atoms with E-state index in [-0.39, 0.29) is 11.2 Å². The highest BCUT2D eigenvalue weighted by molar-refractivity contribution is 9.09. The Labute approximate surface area is 91.4 Å². The van der Waals surface area contributed by atoms with Gasteiger partial charge in [0.05, 0.1) is 5.33 Å². The Morgan fingerprint density at radius 3 is 2.29 bits per heavy atom. The van der Waals surface area contributed by atoms with E-state index in [0.29, 0.717) is 31.3 Å². The summed E-state index contributed by atoms with van der Waals surface area (Å²) < 4.78 is 0. The molecule has 0 atom stereocenters. The fourth-order valence-corrected chi connectivity index (χ4v) is 2.31. The Kier molecular flexibility index (Phi) is 3.53. The first-order valence-corrected chi connectivity index (χ1v) is 5.69. The Bertz CT molecular complexity index is 246. The van der Waals surface area contributed by atoms with Crippen molar-refractivity contribution in [2.45, 2.75) is 19.8 Å². The van der Waals surface area contributed by atoms with Crippen molar-refractivity contribution >= 4 is 27.8 Å². The number of nitrogens with zero attached hydrogens (tertiary/aromatic N) is 1. The number of ketones is 1. The fourth-order valence-electron chi connectivity index (χ4n) is 1.63. The van der Waals surface area contributed by atoms with Crippen LogP contribution in [0.2, 0.25) is 0 Å². The summed E-state index contributed by atoms with van der Waals surface area (Å²) in [6, 6.07) is 0. The Morgan fingerprint density at radius 1 is 1.43 bits per heavy atom. The number of halogens is 1. The van der Waals surface area contributed by atoms with Crippen molar-refractivity contribution in [2.24, 2.45) is 5.41 Å². The molecule has 1 heterocycles. The number of Topliss-reactive ketones (excluding diaryl/α,β-unsaturated/α-hetero) is 1. The number of rotatable bonds is 2. The van der Waals surface area contributed by atoms with Gasteiger partial charge in [0.25, 0.3) is 0 Å². The van der Waals surface area contributed by atoms with Crippen LogP contribution < -0.4 is 0 Å². The number of carbonyl (C=O) groups is 2. The first-order valence-electron chi connectivity index (χ1n) is 4.57. The van der Waals surface area contributed by atoms with Gasteiger partial charge in [-0.3, -0.25) is 4.79 Å². The van der Waals surface area contributed by atoms with Gasteiger partial charge in [-0.15, -0.1) is 0 Å². The van der Waals surface area contributed by atoms with Crippen LogP contribution in [-0.2, 0) is 4.79 Å². The van der Waals surface area contributed by atoms with Crippen molar-refractivity contribution in [3.8, 4) is 0 Å². The lowest BCUT2D eigenvalue weighted by Crippen LogP contribution is -2.45. The largest absolute Gasteiger partial charge is 0.465 e. The molecule has 4 nitrogen and oxygen atoms in total. The van der Waals surface area contributed by atoms with Gasteiger partial charge in [0.1, 0.15) is 5.78 Å². The molecule has 5 heteroatoms. The lowest BCUT2D eigenvalue weighted by molar-refractivity contribution is -0.127. The van der Waals surface area contributed by atoms with E-state index in [1.165, 1.54) is 4.90 Å². The van der Waals surface area contributed by atoms with Gasteiger partial charge in [-0.25, -0.2) is 4.79 Å². The molecule has 0 saturated carbocycles. The van der Waals surface area contributed by atoms with Crippen molar-refractivity contribution < 1.29 is 14.7 Å². The molecule has 0 radical (unpaired) electrons. The monoisotopic (exact) mass is 263 g/mol. The van der Waals surface area contributed by atoms with E-state index in [1.54, 1.807) is 0 Å². The lowest BCUT2D eigenvalue weighted by Gasteiger charge is -2.36. The molecular formula is C9H14BrNO3. The number of carbonyl (C=O) groups excluding carboxylic acids is 1. The molecule has 80 valence electrons. The Balaban J connectivity index is 2.57. The van der Waals surface area contributed by atoms with Gasteiger partial charge in [-0.2, -0.15) is 0 Å². The molecule has 14 heavy (non-hydrogen) atoms. The predicted molar refractivity (Wildman–Crippen MR) is 55.7 cm³/mol. The van der Waals surface area contributed by atoms with Crippen LogP contribution in [0.15, 0.2) is 0 Å². The van der Waals surface area contributed by atoms with Gasteiger partial charge in [0.15, 0.2) is 0 Å². The molecule has 0 bridgehead atoms. The third-order valence-electron chi connectivity index (χ3n) is 2.93. The van der Waals surface area contributed by atoms with E-state index in [0.717, 1.165) is 0 Å². The molecule has 1 aliphatic rings. The molecule has 1 fully saturated rings. The molecule has 0 aromatic rings. The molecule has 0 spiro atoms. The van der Waals surface area contributed by atoms with Gasteiger partial charge in [-0.1, -0.05) is 22.9 Å². The zero-order valence-electron chi connectivity index (χ0n) is 8.12. The van der Waals surface area contributed by atoms with Crippen molar-refractivity contribution in [3.05, 3.63) is 0 Å². The first kappa shape index (κ1) is 11.5. The number of likely N-dealkylation sites (tertiary alicyclic amines) is 1. The molecular weight excluding hydrogens is 250 g/mol. The van der Waals surface area contributed by atoms with E-state index in [2.05, 4.69) is 15.9 Å². The molecule has 0 unspecified atom stereocenters. The Morgan fingerprint density at radius 2 is 1.93 bits per heavy atom. The second-order valence-corrected chi connectivity index (χ2v) is 4.45. The summed E-state index contributed by atoms with van der Waals surface area (Å²) in [5, 5.41) is 9.09. The zero-order chi connectivity index (χ0) is 10.8. The molecule has 0 aliphatic carbocycles. The van der Waals surface area contributed by atoms with Gasteiger partial charge in [0, 0.05) is 18.5 Å². The number of alkyl halides is 1. The van der Waals surface area contributed by atoms with E-state index in [9.17, 15) is 9.59 Å². The van der Waals surface area contributed by atoms with Crippen molar-refractivity contribution in [1.29, 1.82) is 0 Å². The third kappa shape index (κ3) is 2.26. The molecule has 0 aromatic carbocycles. The van der Waals surface area contributed by atoms with Crippen LogP contribution in [-0.4, -0.2) is 40.3 Å². The van der Waals surface area contributed by atoms with Crippen molar-refractivity contribution in [2.75, 3.05) is 18.4 Å². The van der Waals surface area contributed by atoms with Gasteiger partial charge >= 0.3 is 6.09 Å². The van der Waals surface area contributed by atoms with Gasteiger partial charge in [0.2, 0.25) is 0 Å². The average molecular weight is 264 g/mol. The number of carboxylic acid groups (broad SMARTS) is 1. The van der Waals surface area contributed by atoms with Crippen LogP contribution in [0.1, 0.15) is 19.8 Å². The second-order valence-electron chi connectivity index (χ2n) is 3.89. The summed E-state index contributed by atoms with van der Waals surface area (Å²) in [4.78, 5) is 23.6. The van der Waals surface area contributed by atoms with Crippen LogP contribution in [0.4, 0.5) is 4.79 Å². The van der Waals surface area contributed by atoms with E-state index in [4.69, 9.17) is 5.11 Å².